The normalized spacial score (nSPS) is 12.4. The minimum Gasteiger partial charge on any atom is -0.549 e. The molecule has 3 aromatic rings. The summed E-state index contributed by atoms with van der Waals surface area (Å²) in [5.74, 6) is -1.09. The molecule has 0 fully saturated rings. The Morgan fingerprint density at radius 2 is 2.05 bits per heavy atom. The smallest absolute Gasteiger partial charge is 0.128 e. The third kappa shape index (κ3) is 2.77. The van der Waals surface area contributed by atoms with Crippen molar-refractivity contribution in [3.8, 4) is 11.1 Å². The van der Waals surface area contributed by atoms with E-state index in [9.17, 15) is 9.90 Å². The predicted molar refractivity (Wildman–Crippen MR) is 83.2 cm³/mol. The Morgan fingerprint density at radius 1 is 1.29 bits per heavy atom. The molecule has 4 nitrogen and oxygen atoms in total. The Bertz CT molecular complexity index is 787. The van der Waals surface area contributed by atoms with Crippen molar-refractivity contribution in [2.45, 2.75) is 17.2 Å². The minimum absolute atomic E-state index is 0.661. The van der Waals surface area contributed by atoms with Crippen LogP contribution in [0.1, 0.15) is 6.92 Å². The second kappa shape index (κ2) is 5.83. The maximum Gasteiger partial charge on any atom is 0.128 e. The summed E-state index contributed by atoms with van der Waals surface area (Å²) in [6.45, 7) is 1.60. The number of fused-ring (bicyclic) bond motifs is 1. The van der Waals surface area contributed by atoms with Gasteiger partial charge in [-0.15, -0.1) is 11.3 Å². The zero-order valence-corrected chi connectivity index (χ0v) is 12.8. The monoisotopic (exact) mass is 315 g/mol. The fraction of sp³-hybridized carbons (Fsp3) is 0.133. The molecule has 0 saturated heterocycles. The Balaban J connectivity index is 2.13. The summed E-state index contributed by atoms with van der Waals surface area (Å²) in [6.07, 6.45) is 1.47. The minimum atomic E-state index is -1.09. The Kier molecular flexibility index (Phi) is 3.90. The van der Waals surface area contributed by atoms with Gasteiger partial charge < -0.3 is 9.90 Å². The molecule has 0 aliphatic carbocycles. The van der Waals surface area contributed by atoms with Crippen molar-refractivity contribution in [3.63, 3.8) is 0 Å². The molecule has 0 spiro atoms. The van der Waals surface area contributed by atoms with Gasteiger partial charge in [-0.1, -0.05) is 42.1 Å². The fourth-order valence-electron chi connectivity index (χ4n) is 1.98. The first-order valence-corrected chi connectivity index (χ1v) is 8.08. The van der Waals surface area contributed by atoms with Gasteiger partial charge >= 0.3 is 0 Å². The molecule has 0 bridgehead atoms. The molecule has 0 saturated carbocycles. The van der Waals surface area contributed by atoms with Crippen LogP contribution in [0.3, 0.4) is 0 Å². The lowest BCUT2D eigenvalue weighted by Crippen LogP contribution is -2.31. The molecule has 6 heteroatoms. The molecule has 21 heavy (non-hydrogen) atoms. The van der Waals surface area contributed by atoms with Crippen LogP contribution in [0.25, 0.3) is 21.3 Å². The molecule has 2 heterocycles. The van der Waals surface area contributed by atoms with Gasteiger partial charge in [0.2, 0.25) is 0 Å². The third-order valence-corrected chi connectivity index (χ3v) is 5.01. The highest BCUT2D eigenvalue weighted by Crippen LogP contribution is 2.38. The van der Waals surface area contributed by atoms with Crippen LogP contribution in [0, 0.1) is 0 Å². The fourth-order valence-corrected chi connectivity index (χ4v) is 3.83. The van der Waals surface area contributed by atoms with E-state index in [1.165, 1.54) is 29.4 Å². The van der Waals surface area contributed by atoms with Crippen LogP contribution in [0.5, 0.6) is 0 Å². The van der Waals surface area contributed by atoms with Gasteiger partial charge in [-0.25, -0.2) is 9.97 Å². The number of benzene rings is 1. The predicted octanol–water partition coefficient (Wildman–Crippen LogP) is 2.59. The lowest BCUT2D eigenvalue weighted by Gasteiger charge is -2.12. The number of thiophene rings is 1. The van der Waals surface area contributed by atoms with Gasteiger partial charge in [0.1, 0.15) is 16.2 Å². The summed E-state index contributed by atoms with van der Waals surface area (Å²) in [6, 6.07) is 9.94. The Morgan fingerprint density at radius 3 is 2.76 bits per heavy atom. The maximum atomic E-state index is 11.0. The summed E-state index contributed by atoms with van der Waals surface area (Å²) in [4.78, 5) is 20.3. The molecule has 0 amide bonds. The summed E-state index contributed by atoms with van der Waals surface area (Å²) < 4.78 is 0. The largest absolute Gasteiger partial charge is 0.549 e. The molecule has 2 aromatic heterocycles. The highest BCUT2D eigenvalue weighted by atomic mass is 32.2. The topological polar surface area (TPSA) is 65.9 Å². The van der Waals surface area contributed by atoms with Crippen LogP contribution in [-0.2, 0) is 4.79 Å². The van der Waals surface area contributed by atoms with E-state index in [2.05, 4.69) is 9.97 Å². The van der Waals surface area contributed by atoms with Crippen LogP contribution in [0.15, 0.2) is 47.1 Å². The first kappa shape index (κ1) is 14.0. The van der Waals surface area contributed by atoms with E-state index in [4.69, 9.17) is 0 Å². The van der Waals surface area contributed by atoms with Crippen molar-refractivity contribution in [1.82, 2.24) is 9.97 Å². The SMILES string of the molecule is CC(Sc1ncnc2scc(-c3ccccc3)c12)C(=O)[O-]. The van der Waals surface area contributed by atoms with Crippen molar-refractivity contribution < 1.29 is 9.90 Å². The molecule has 0 radical (unpaired) electrons. The van der Waals surface area contributed by atoms with Crippen molar-refractivity contribution in [1.29, 1.82) is 0 Å². The van der Waals surface area contributed by atoms with E-state index in [1.54, 1.807) is 6.92 Å². The molecule has 1 unspecified atom stereocenters. The zero-order valence-electron chi connectivity index (χ0n) is 11.1. The number of aromatic nitrogens is 2. The molecule has 0 N–H and O–H groups in total. The summed E-state index contributed by atoms with van der Waals surface area (Å²) in [7, 11) is 0. The van der Waals surface area contributed by atoms with Gasteiger partial charge in [-0.3, -0.25) is 0 Å². The van der Waals surface area contributed by atoms with E-state index in [0.717, 1.165) is 21.3 Å². The second-order valence-electron chi connectivity index (χ2n) is 4.45. The van der Waals surface area contributed by atoms with Crippen molar-refractivity contribution in [3.05, 3.63) is 42.0 Å². The molecule has 1 atom stereocenters. The number of nitrogens with zero attached hydrogens (tertiary/aromatic N) is 2. The third-order valence-electron chi connectivity index (χ3n) is 3.04. The van der Waals surface area contributed by atoms with Crippen LogP contribution in [0.4, 0.5) is 0 Å². The first-order valence-electron chi connectivity index (χ1n) is 6.32. The van der Waals surface area contributed by atoms with Crippen LogP contribution in [-0.4, -0.2) is 21.2 Å². The van der Waals surface area contributed by atoms with Gasteiger partial charge in [0, 0.05) is 16.2 Å². The highest BCUT2D eigenvalue weighted by molar-refractivity contribution is 8.00. The number of hydrogen-bond acceptors (Lipinski definition) is 6. The lowest BCUT2D eigenvalue weighted by molar-refractivity contribution is -0.304. The maximum absolute atomic E-state index is 11.0. The summed E-state index contributed by atoms with van der Waals surface area (Å²) in [5.41, 5.74) is 2.10. The molecule has 1 aromatic carbocycles. The number of rotatable bonds is 4. The van der Waals surface area contributed by atoms with E-state index >= 15 is 0 Å². The van der Waals surface area contributed by atoms with Crippen molar-refractivity contribution in [2.24, 2.45) is 0 Å². The van der Waals surface area contributed by atoms with Crippen LogP contribution in [0.2, 0.25) is 0 Å². The molecule has 0 aliphatic rings. The van der Waals surface area contributed by atoms with E-state index in [1.807, 2.05) is 35.7 Å². The summed E-state index contributed by atoms with van der Waals surface area (Å²) >= 11 is 2.72. The molecule has 0 aliphatic heterocycles. The van der Waals surface area contributed by atoms with E-state index in [-0.39, 0.29) is 0 Å². The molecule has 3 rings (SSSR count). The first-order chi connectivity index (χ1) is 10.2. The standard InChI is InChI=1S/C15H12N2O2S2/c1-9(15(18)19)21-14-12-11(10-5-3-2-4-6-10)7-20-13(12)16-8-17-14/h2-9H,1H3,(H,18,19)/p-1. The Hall–Kier alpha value is -1.92. The van der Waals surface area contributed by atoms with E-state index < -0.39 is 11.2 Å². The number of aliphatic carboxylic acids is 1. The quantitative estimate of drug-likeness (QED) is 0.547. The van der Waals surface area contributed by atoms with Crippen molar-refractivity contribution >= 4 is 39.3 Å². The number of thioether (sulfide) groups is 1. The second-order valence-corrected chi connectivity index (χ2v) is 6.64. The van der Waals surface area contributed by atoms with Gasteiger partial charge in [-0.2, -0.15) is 0 Å². The average molecular weight is 315 g/mol. The van der Waals surface area contributed by atoms with Crippen LogP contribution < -0.4 is 5.11 Å². The summed E-state index contributed by atoms with van der Waals surface area (Å²) in [5, 5.41) is 13.9. The molecular formula is C15H11N2O2S2-. The average Bonchev–Trinajstić information content (AvgIpc) is 2.93. The van der Waals surface area contributed by atoms with Gasteiger partial charge in [0.05, 0.1) is 11.4 Å². The zero-order chi connectivity index (χ0) is 14.8. The van der Waals surface area contributed by atoms with Crippen LogP contribution >= 0.6 is 23.1 Å². The van der Waals surface area contributed by atoms with Gasteiger partial charge in [-0.05, 0) is 12.5 Å². The van der Waals surface area contributed by atoms with Crippen molar-refractivity contribution in [2.75, 3.05) is 0 Å². The number of carboxylic acids is 1. The molecular weight excluding hydrogens is 304 g/mol. The van der Waals surface area contributed by atoms with Gasteiger partial charge in [0.25, 0.3) is 0 Å². The number of carbonyl (C=O) groups excluding carboxylic acids is 1. The number of carboxylic acid groups (broad SMARTS) is 1. The number of hydrogen-bond donors (Lipinski definition) is 0. The van der Waals surface area contributed by atoms with Gasteiger partial charge in [0.15, 0.2) is 0 Å². The highest BCUT2D eigenvalue weighted by Gasteiger charge is 2.15. The lowest BCUT2D eigenvalue weighted by atomic mass is 10.1. The molecule has 106 valence electrons. The number of carbonyl (C=O) groups is 1. The van der Waals surface area contributed by atoms with E-state index in [0.29, 0.717) is 5.03 Å². The Labute approximate surface area is 129 Å².